The van der Waals surface area contributed by atoms with Crippen molar-refractivity contribution in [3.05, 3.63) is 0 Å². The van der Waals surface area contributed by atoms with Gasteiger partial charge in [0.25, 0.3) is 0 Å². The molecule has 0 spiro atoms. The Bertz CT molecular complexity index is 165. The molecule has 0 aromatic heterocycles. The van der Waals surface area contributed by atoms with Crippen molar-refractivity contribution in [1.29, 1.82) is 0 Å². The van der Waals surface area contributed by atoms with Crippen LogP contribution in [0.1, 0.15) is 6.42 Å². The van der Waals surface area contributed by atoms with Crippen LogP contribution >= 0.6 is 11.6 Å². The first-order valence-corrected chi connectivity index (χ1v) is 5.13. The Morgan fingerprint density at radius 3 is 2.53 bits per heavy atom. The summed E-state index contributed by atoms with van der Waals surface area (Å²) in [5, 5.41) is 7.46. The second kappa shape index (κ2) is 10.2. The zero-order valence-electron chi connectivity index (χ0n) is 8.78. The Balaban J connectivity index is 3.08. The maximum Gasteiger partial charge on any atom is 0.324 e. The predicted octanol–water partition coefficient (Wildman–Crippen LogP) is 0.748. The van der Waals surface area contributed by atoms with Gasteiger partial charge in [0.05, 0.1) is 19.8 Å². The lowest BCUT2D eigenvalue weighted by Gasteiger charge is -2.06. The molecule has 1 N–H and O–H groups in total. The van der Waals surface area contributed by atoms with Gasteiger partial charge in [0.1, 0.15) is 0 Å². The van der Waals surface area contributed by atoms with Gasteiger partial charge in [-0.05, 0) is 6.42 Å². The highest BCUT2D eigenvalue weighted by Crippen LogP contribution is 1.97. The Morgan fingerprint density at radius 1 is 1.27 bits per heavy atom. The number of alkyl halides is 1. The van der Waals surface area contributed by atoms with Crippen molar-refractivity contribution in [2.24, 2.45) is 0 Å². The van der Waals surface area contributed by atoms with E-state index in [1.54, 1.807) is 7.11 Å². The Hall–Kier alpha value is -0.360. The smallest absolute Gasteiger partial charge is 0.324 e. The van der Waals surface area contributed by atoms with Crippen LogP contribution in [-0.4, -0.2) is 56.6 Å². The van der Waals surface area contributed by atoms with Crippen LogP contribution in [0.4, 0.5) is 0 Å². The first-order valence-electron chi connectivity index (χ1n) is 4.69. The first kappa shape index (κ1) is 14.6. The predicted molar refractivity (Wildman–Crippen MR) is 55.4 cm³/mol. The molecule has 0 heterocycles. The molecule has 0 aliphatic carbocycles. The van der Waals surface area contributed by atoms with Crippen LogP contribution in [0.25, 0.3) is 0 Å². The molecule has 0 fully saturated rings. The molecule has 0 bridgehead atoms. The van der Waals surface area contributed by atoms with Crippen LogP contribution in [0.3, 0.4) is 0 Å². The van der Waals surface area contributed by atoms with Gasteiger partial charge in [-0.3, -0.25) is 4.79 Å². The molecule has 0 rings (SSSR count). The summed E-state index contributed by atoms with van der Waals surface area (Å²) in [6, 6.07) is 0. The molecule has 0 aliphatic heterocycles. The molecule has 1 atom stereocenters. The van der Waals surface area contributed by atoms with Gasteiger partial charge < -0.3 is 19.3 Å². The molecule has 1 unspecified atom stereocenters. The fourth-order valence-corrected chi connectivity index (χ4v) is 0.855. The summed E-state index contributed by atoms with van der Waals surface area (Å²) in [6.07, 6.45) is 0.715. The average molecular weight is 241 g/mol. The molecule has 0 radical (unpaired) electrons. The minimum atomic E-state index is -1.06. The summed E-state index contributed by atoms with van der Waals surface area (Å²) in [4.78, 5) is 10.3. The van der Waals surface area contributed by atoms with Crippen molar-refractivity contribution in [2.45, 2.75) is 11.8 Å². The van der Waals surface area contributed by atoms with E-state index in [1.165, 1.54) is 0 Å². The van der Waals surface area contributed by atoms with Crippen molar-refractivity contribution in [2.75, 3.05) is 40.1 Å². The Kier molecular flexibility index (Phi) is 9.92. The van der Waals surface area contributed by atoms with Gasteiger partial charge in [0.2, 0.25) is 0 Å². The zero-order valence-corrected chi connectivity index (χ0v) is 9.53. The van der Waals surface area contributed by atoms with Gasteiger partial charge in [-0.15, -0.1) is 11.6 Å². The standard InChI is InChI=1S/C9H17ClO5/c1-13-5-6-14-3-2-4-15-7-8(10)9(11)12/h8H,2-7H2,1H3,(H,11,12). The van der Waals surface area contributed by atoms with Crippen LogP contribution in [0, 0.1) is 0 Å². The van der Waals surface area contributed by atoms with E-state index in [-0.39, 0.29) is 6.61 Å². The van der Waals surface area contributed by atoms with Crippen LogP contribution in [0.15, 0.2) is 0 Å². The highest BCUT2D eigenvalue weighted by atomic mass is 35.5. The third kappa shape index (κ3) is 9.93. The molecule has 0 aromatic carbocycles. The van der Waals surface area contributed by atoms with E-state index in [1.807, 2.05) is 0 Å². The monoisotopic (exact) mass is 240 g/mol. The third-order valence-electron chi connectivity index (χ3n) is 1.54. The summed E-state index contributed by atoms with van der Waals surface area (Å²) >= 11 is 5.42. The van der Waals surface area contributed by atoms with Gasteiger partial charge >= 0.3 is 5.97 Å². The fraction of sp³-hybridized carbons (Fsp3) is 0.889. The van der Waals surface area contributed by atoms with E-state index in [9.17, 15) is 4.79 Å². The second-order valence-corrected chi connectivity index (χ2v) is 3.37. The van der Waals surface area contributed by atoms with Gasteiger partial charge in [-0.2, -0.15) is 0 Å². The van der Waals surface area contributed by atoms with Crippen molar-refractivity contribution in [3.8, 4) is 0 Å². The summed E-state index contributed by atoms with van der Waals surface area (Å²) in [5.74, 6) is -1.06. The van der Waals surface area contributed by atoms with Gasteiger partial charge in [-0.1, -0.05) is 0 Å². The summed E-state index contributed by atoms with van der Waals surface area (Å²) in [6.45, 7) is 2.18. The van der Waals surface area contributed by atoms with E-state index in [0.717, 1.165) is 0 Å². The fourth-order valence-electron chi connectivity index (χ4n) is 0.765. The zero-order chi connectivity index (χ0) is 11.5. The van der Waals surface area contributed by atoms with E-state index in [4.69, 9.17) is 30.9 Å². The van der Waals surface area contributed by atoms with Gasteiger partial charge in [-0.25, -0.2) is 0 Å². The SMILES string of the molecule is COCCOCCCOCC(Cl)C(=O)O. The number of halogens is 1. The molecule has 0 amide bonds. The van der Waals surface area contributed by atoms with Crippen LogP contribution in [-0.2, 0) is 19.0 Å². The van der Waals surface area contributed by atoms with E-state index >= 15 is 0 Å². The molecule has 0 saturated carbocycles. The quantitative estimate of drug-likeness (QED) is 0.451. The van der Waals surface area contributed by atoms with E-state index < -0.39 is 11.3 Å². The lowest BCUT2D eigenvalue weighted by Crippen LogP contribution is -2.20. The highest BCUT2D eigenvalue weighted by molar-refractivity contribution is 6.29. The molecule has 5 nitrogen and oxygen atoms in total. The molecule has 15 heavy (non-hydrogen) atoms. The second-order valence-electron chi connectivity index (χ2n) is 2.84. The molecular weight excluding hydrogens is 224 g/mol. The van der Waals surface area contributed by atoms with Crippen molar-refractivity contribution < 1.29 is 24.1 Å². The minimum absolute atomic E-state index is 0.0228. The van der Waals surface area contributed by atoms with Crippen LogP contribution < -0.4 is 0 Å². The maximum atomic E-state index is 10.3. The number of hydrogen-bond acceptors (Lipinski definition) is 4. The number of ether oxygens (including phenoxy) is 3. The number of hydrogen-bond donors (Lipinski definition) is 1. The minimum Gasteiger partial charge on any atom is -0.480 e. The Labute approximate surface area is 94.3 Å². The molecule has 0 aliphatic rings. The highest BCUT2D eigenvalue weighted by Gasteiger charge is 2.12. The molecule has 6 heteroatoms. The van der Waals surface area contributed by atoms with Crippen molar-refractivity contribution >= 4 is 17.6 Å². The lowest BCUT2D eigenvalue weighted by atomic mass is 10.4. The summed E-state index contributed by atoms with van der Waals surface area (Å²) in [5.41, 5.74) is 0. The molecule has 90 valence electrons. The number of rotatable bonds is 10. The van der Waals surface area contributed by atoms with Crippen LogP contribution in [0.5, 0.6) is 0 Å². The molecule has 0 aromatic rings. The lowest BCUT2D eigenvalue weighted by molar-refractivity contribution is -0.137. The topological polar surface area (TPSA) is 65.0 Å². The summed E-state index contributed by atoms with van der Waals surface area (Å²) < 4.78 is 15.0. The number of carbonyl (C=O) groups is 1. The van der Waals surface area contributed by atoms with E-state index in [0.29, 0.717) is 32.8 Å². The van der Waals surface area contributed by atoms with E-state index in [2.05, 4.69) is 0 Å². The van der Waals surface area contributed by atoms with Gasteiger partial charge in [0.15, 0.2) is 5.38 Å². The summed E-state index contributed by atoms with van der Waals surface area (Å²) in [7, 11) is 1.61. The average Bonchev–Trinajstić information content (AvgIpc) is 2.21. The van der Waals surface area contributed by atoms with Crippen molar-refractivity contribution in [3.63, 3.8) is 0 Å². The normalized spacial score (nSPS) is 12.7. The molecule has 0 saturated heterocycles. The number of carboxylic acid groups (broad SMARTS) is 1. The number of aliphatic carboxylic acids is 1. The maximum absolute atomic E-state index is 10.3. The Morgan fingerprint density at radius 2 is 1.93 bits per heavy atom. The number of methoxy groups -OCH3 is 1. The van der Waals surface area contributed by atoms with Crippen molar-refractivity contribution in [1.82, 2.24) is 0 Å². The first-order chi connectivity index (χ1) is 7.18. The largest absolute Gasteiger partial charge is 0.480 e. The van der Waals surface area contributed by atoms with Crippen LogP contribution in [0.2, 0.25) is 0 Å². The van der Waals surface area contributed by atoms with Gasteiger partial charge in [0, 0.05) is 20.3 Å². The third-order valence-corrected chi connectivity index (χ3v) is 1.85. The molecular formula is C9H17ClO5. The number of carboxylic acids is 1.